The molecule has 2 saturated heterocycles. The van der Waals surface area contributed by atoms with E-state index in [0.29, 0.717) is 5.54 Å². The molecule has 0 aromatic heterocycles. The fourth-order valence-corrected chi connectivity index (χ4v) is 5.71. The van der Waals surface area contributed by atoms with E-state index in [1.54, 1.807) is 0 Å². The Hall–Kier alpha value is 0.270. The summed E-state index contributed by atoms with van der Waals surface area (Å²) in [6, 6.07) is 0. The van der Waals surface area contributed by atoms with Crippen molar-refractivity contribution < 1.29 is 0 Å². The molecule has 1 spiro atoms. The van der Waals surface area contributed by atoms with Gasteiger partial charge in [-0.3, -0.25) is 4.90 Å². The summed E-state index contributed by atoms with van der Waals surface area (Å²) >= 11 is 2.10. The summed E-state index contributed by atoms with van der Waals surface area (Å²) in [6.07, 6.45) is 10.2. The third-order valence-corrected chi connectivity index (χ3v) is 6.86. The Morgan fingerprint density at radius 2 is 1.71 bits per heavy atom. The van der Waals surface area contributed by atoms with Crippen molar-refractivity contribution in [2.24, 2.45) is 11.1 Å². The Kier molecular flexibility index (Phi) is 3.44. The second-order valence-corrected chi connectivity index (χ2v) is 7.53. The molecule has 3 fully saturated rings. The number of nitrogens with two attached hydrogens (primary N) is 1. The molecular weight excluding hydrogens is 228 g/mol. The van der Waals surface area contributed by atoms with E-state index in [0.717, 1.165) is 12.0 Å². The molecule has 3 aliphatic rings. The number of rotatable bonds is 2. The molecule has 98 valence electrons. The van der Waals surface area contributed by atoms with Gasteiger partial charge in [-0.1, -0.05) is 12.8 Å². The molecule has 17 heavy (non-hydrogen) atoms. The Balaban J connectivity index is 1.64. The summed E-state index contributed by atoms with van der Waals surface area (Å²) in [6.45, 7) is 3.50. The first-order valence-electron chi connectivity index (χ1n) is 7.32. The third-order valence-electron chi connectivity index (χ3n) is 5.62. The minimum Gasteiger partial charge on any atom is -0.329 e. The first-order chi connectivity index (χ1) is 8.29. The summed E-state index contributed by atoms with van der Waals surface area (Å²) in [5.41, 5.74) is 7.20. The molecule has 1 atom stereocenters. The topological polar surface area (TPSA) is 29.3 Å². The molecule has 0 aromatic carbocycles. The van der Waals surface area contributed by atoms with E-state index in [2.05, 4.69) is 16.7 Å². The molecule has 0 bridgehead atoms. The molecule has 1 unspecified atom stereocenters. The summed E-state index contributed by atoms with van der Waals surface area (Å²) in [4.78, 5) is 2.75. The van der Waals surface area contributed by atoms with Gasteiger partial charge in [-0.15, -0.1) is 0 Å². The highest BCUT2D eigenvalue weighted by atomic mass is 32.2. The van der Waals surface area contributed by atoms with Gasteiger partial charge in [0.05, 0.1) is 0 Å². The van der Waals surface area contributed by atoms with Crippen LogP contribution in [0.4, 0.5) is 0 Å². The molecule has 3 rings (SSSR count). The van der Waals surface area contributed by atoms with Crippen LogP contribution >= 0.6 is 11.8 Å². The maximum absolute atomic E-state index is 6.09. The Morgan fingerprint density at radius 3 is 2.24 bits per heavy atom. The van der Waals surface area contributed by atoms with Crippen LogP contribution in [0.2, 0.25) is 0 Å². The van der Waals surface area contributed by atoms with Crippen molar-refractivity contribution >= 4 is 11.8 Å². The number of nitrogens with zero attached hydrogens (tertiary/aromatic N) is 1. The molecule has 0 amide bonds. The Morgan fingerprint density at radius 1 is 1.00 bits per heavy atom. The van der Waals surface area contributed by atoms with Gasteiger partial charge < -0.3 is 5.73 Å². The van der Waals surface area contributed by atoms with Crippen molar-refractivity contribution in [1.82, 2.24) is 4.90 Å². The van der Waals surface area contributed by atoms with Crippen LogP contribution in [0.15, 0.2) is 0 Å². The SMILES string of the molecule is NCC1(N2CCC3(CCCC3)CC2)CCSC1. The summed E-state index contributed by atoms with van der Waals surface area (Å²) in [7, 11) is 0. The molecule has 2 N–H and O–H groups in total. The van der Waals surface area contributed by atoms with Crippen LogP contribution in [-0.4, -0.2) is 41.6 Å². The van der Waals surface area contributed by atoms with Gasteiger partial charge in [-0.2, -0.15) is 11.8 Å². The fourth-order valence-electron chi connectivity index (χ4n) is 4.22. The maximum Gasteiger partial charge on any atom is 0.0429 e. The number of thioether (sulfide) groups is 1. The van der Waals surface area contributed by atoms with Gasteiger partial charge in [0, 0.05) is 17.8 Å². The third kappa shape index (κ3) is 2.15. The molecule has 1 aliphatic carbocycles. The van der Waals surface area contributed by atoms with Gasteiger partial charge in [-0.05, 0) is 56.4 Å². The summed E-state index contributed by atoms with van der Waals surface area (Å²) < 4.78 is 0. The number of likely N-dealkylation sites (tertiary alicyclic amines) is 1. The van der Waals surface area contributed by atoms with Crippen LogP contribution in [-0.2, 0) is 0 Å². The molecule has 2 nitrogen and oxygen atoms in total. The van der Waals surface area contributed by atoms with Crippen molar-refractivity contribution in [3.05, 3.63) is 0 Å². The van der Waals surface area contributed by atoms with Crippen LogP contribution in [0.3, 0.4) is 0 Å². The van der Waals surface area contributed by atoms with Gasteiger partial charge in [0.2, 0.25) is 0 Å². The lowest BCUT2D eigenvalue weighted by atomic mass is 9.76. The van der Waals surface area contributed by atoms with Crippen molar-refractivity contribution in [2.75, 3.05) is 31.1 Å². The smallest absolute Gasteiger partial charge is 0.0429 e. The highest BCUT2D eigenvalue weighted by Gasteiger charge is 2.44. The van der Waals surface area contributed by atoms with Crippen molar-refractivity contribution in [3.8, 4) is 0 Å². The van der Waals surface area contributed by atoms with E-state index >= 15 is 0 Å². The second-order valence-electron chi connectivity index (χ2n) is 6.43. The van der Waals surface area contributed by atoms with Crippen LogP contribution < -0.4 is 5.73 Å². The zero-order chi connectivity index (χ0) is 11.8. The molecule has 0 aromatic rings. The van der Waals surface area contributed by atoms with E-state index in [1.807, 2.05) is 0 Å². The molecule has 2 heterocycles. The van der Waals surface area contributed by atoms with Gasteiger partial charge >= 0.3 is 0 Å². The highest BCUT2D eigenvalue weighted by Crippen LogP contribution is 2.48. The maximum atomic E-state index is 6.09. The van der Waals surface area contributed by atoms with E-state index in [1.165, 1.54) is 69.5 Å². The van der Waals surface area contributed by atoms with E-state index in [-0.39, 0.29) is 0 Å². The van der Waals surface area contributed by atoms with Gasteiger partial charge in [0.15, 0.2) is 0 Å². The predicted molar refractivity (Wildman–Crippen MR) is 75.4 cm³/mol. The molecule has 3 heteroatoms. The Bertz CT molecular complexity index is 257. The Labute approximate surface area is 110 Å². The summed E-state index contributed by atoms with van der Waals surface area (Å²) in [5.74, 6) is 2.59. The monoisotopic (exact) mass is 254 g/mol. The standard InChI is InChI=1S/C14H26N2S/c15-11-14(7-10-17-12-14)16-8-5-13(6-9-16)3-1-2-4-13/h1-12,15H2. The minimum absolute atomic E-state index is 0.366. The highest BCUT2D eigenvalue weighted by molar-refractivity contribution is 7.99. The number of piperidine rings is 1. The second kappa shape index (κ2) is 4.75. The number of hydrogen-bond donors (Lipinski definition) is 1. The zero-order valence-corrected chi connectivity index (χ0v) is 11.7. The molecule has 2 aliphatic heterocycles. The minimum atomic E-state index is 0.366. The average Bonchev–Trinajstić information content (AvgIpc) is 3.01. The molecule has 0 radical (unpaired) electrons. The lowest BCUT2D eigenvalue weighted by Gasteiger charge is -2.47. The fraction of sp³-hybridized carbons (Fsp3) is 1.00. The van der Waals surface area contributed by atoms with Gasteiger partial charge in [-0.25, -0.2) is 0 Å². The normalized spacial score (nSPS) is 37.9. The van der Waals surface area contributed by atoms with E-state index < -0.39 is 0 Å². The first-order valence-corrected chi connectivity index (χ1v) is 8.47. The zero-order valence-electron chi connectivity index (χ0n) is 10.9. The first kappa shape index (κ1) is 12.3. The molecular formula is C14H26N2S. The number of hydrogen-bond acceptors (Lipinski definition) is 3. The van der Waals surface area contributed by atoms with Crippen molar-refractivity contribution in [1.29, 1.82) is 0 Å². The van der Waals surface area contributed by atoms with Crippen molar-refractivity contribution in [3.63, 3.8) is 0 Å². The van der Waals surface area contributed by atoms with Crippen LogP contribution in [0.25, 0.3) is 0 Å². The lowest BCUT2D eigenvalue weighted by molar-refractivity contribution is 0.0351. The van der Waals surface area contributed by atoms with Crippen LogP contribution in [0, 0.1) is 5.41 Å². The van der Waals surface area contributed by atoms with Crippen molar-refractivity contribution in [2.45, 2.75) is 50.5 Å². The van der Waals surface area contributed by atoms with Gasteiger partial charge in [0.1, 0.15) is 0 Å². The predicted octanol–water partition coefficient (Wildman–Crippen LogP) is 2.48. The van der Waals surface area contributed by atoms with Crippen LogP contribution in [0.5, 0.6) is 0 Å². The van der Waals surface area contributed by atoms with E-state index in [4.69, 9.17) is 5.73 Å². The lowest BCUT2D eigenvalue weighted by Crippen LogP contribution is -2.57. The van der Waals surface area contributed by atoms with Gasteiger partial charge in [0.25, 0.3) is 0 Å². The summed E-state index contributed by atoms with van der Waals surface area (Å²) in [5, 5.41) is 0. The largest absolute Gasteiger partial charge is 0.329 e. The molecule has 1 saturated carbocycles. The quantitative estimate of drug-likeness (QED) is 0.821. The van der Waals surface area contributed by atoms with E-state index in [9.17, 15) is 0 Å². The average molecular weight is 254 g/mol. The van der Waals surface area contributed by atoms with Crippen LogP contribution in [0.1, 0.15) is 44.9 Å².